The number of nitro benzene ring substituents is 2. The van der Waals surface area contributed by atoms with E-state index in [2.05, 4.69) is 11.9 Å². The SMILES string of the molecule is C=C(C)C(=O)OCCOCCOCCOCCOCCOCCOCCOCCNc1ccc([N+](=O)[O-])cc1[N+](=O)[O-]. The van der Waals surface area contributed by atoms with Crippen molar-refractivity contribution in [2.75, 3.05) is 111 Å². The Kier molecular flexibility index (Phi) is 21.3. The largest absolute Gasteiger partial charge is 0.460 e. The molecule has 0 unspecified atom stereocenters. The van der Waals surface area contributed by atoms with Crippen molar-refractivity contribution in [2.24, 2.45) is 0 Å². The molecule has 0 bridgehead atoms. The third-order valence-corrected chi connectivity index (χ3v) is 4.99. The first-order chi connectivity index (χ1) is 20.3. The van der Waals surface area contributed by atoms with E-state index in [4.69, 9.17) is 37.9 Å². The van der Waals surface area contributed by atoms with Gasteiger partial charge in [-0.15, -0.1) is 0 Å². The molecule has 0 aliphatic carbocycles. The minimum atomic E-state index is -0.686. The molecule has 1 rings (SSSR count). The van der Waals surface area contributed by atoms with Gasteiger partial charge in [-0.3, -0.25) is 20.2 Å². The molecule has 0 fully saturated rings. The van der Waals surface area contributed by atoms with Gasteiger partial charge in [-0.2, -0.15) is 0 Å². The van der Waals surface area contributed by atoms with Crippen LogP contribution in [0.25, 0.3) is 0 Å². The molecule has 0 aliphatic heterocycles. The van der Waals surface area contributed by atoms with Gasteiger partial charge in [0.05, 0.1) is 108 Å². The van der Waals surface area contributed by atoms with Crippen LogP contribution in [0.4, 0.5) is 17.1 Å². The number of carbonyl (C=O) groups is 1. The Hall–Kier alpha value is -3.25. The topological polar surface area (TPSA) is 189 Å². The lowest BCUT2D eigenvalue weighted by atomic mass is 10.2. The van der Waals surface area contributed by atoms with Gasteiger partial charge in [0.25, 0.3) is 11.4 Å². The van der Waals surface area contributed by atoms with E-state index in [0.717, 1.165) is 6.07 Å². The number of nitro groups is 2. The molecule has 42 heavy (non-hydrogen) atoms. The Morgan fingerprint density at radius 2 is 1.10 bits per heavy atom. The molecular weight excluding hydrogens is 562 g/mol. The standard InChI is InChI=1S/C26H41N3O13/c1-22(2)26(30)42-20-19-41-18-17-40-16-15-39-14-13-38-12-11-37-10-9-36-8-7-35-6-5-27-24-4-3-23(28(31)32)21-25(24)29(33)34/h3-4,21,27H,1,5-20H2,2H3. The Bertz CT molecular complexity index is 933. The summed E-state index contributed by atoms with van der Waals surface area (Å²) in [5.41, 5.74) is -0.183. The van der Waals surface area contributed by atoms with Gasteiger partial charge < -0.3 is 43.2 Å². The molecule has 238 valence electrons. The molecular formula is C26H41N3O13. The number of hydrogen-bond acceptors (Lipinski definition) is 14. The van der Waals surface area contributed by atoms with Crippen molar-refractivity contribution in [1.82, 2.24) is 0 Å². The molecule has 0 amide bonds. The fourth-order valence-electron chi connectivity index (χ4n) is 2.93. The van der Waals surface area contributed by atoms with Crippen LogP contribution in [0.3, 0.4) is 0 Å². The van der Waals surface area contributed by atoms with E-state index in [1.807, 2.05) is 0 Å². The smallest absolute Gasteiger partial charge is 0.333 e. The first-order valence-corrected chi connectivity index (χ1v) is 13.4. The van der Waals surface area contributed by atoms with Crippen LogP contribution in [0.5, 0.6) is 0 Å². The maximum atomic E-state index is 11.2. The van der Waals surface area contributed by atoms with Crippen molar-refractivity contribution in [1.29, 1.82) is 0 Å². The lowest BCUT2D eigenvalue weighted by Gasteiger charge is -2.09. The zero-order valence-corrected chi connectivity index (χ0v) is 24.0. The molecule has 0 heterocycles. The highest BCUT2D eigenvalue weighted by Gasteiger charge is 2.19. The molecule has 1 aromatic rings. The van der Waals surface area contributed by atoms with Crippen LogP contribution in [0.2, 0.25) is 0 Å². The molecule has 0 aromatic heterocycles. The first kappa shape index (κ1) is 36.8. The van der Waals surface area contributed by atoms with Gasteiger partial charge in [-0.25, -0.2) is 4.79 Å². The molecule has 0 atom stereocenters. The van der Waals surface area contributed by atoms with Crippen molar-refractivity contribution >= 4 is 23.0 Å². The Balaban J connectivity index is 1.80. The number of anilines is 1. The van der Waals surface area contributed by atoms with Crippen molar-refractivity contribution in [3.05, 3.63) is 50.6 Å². The van der Waals surface area contributed by atoms with Crippen molar-refractivity contribution in [3.63, 3.8) is 0 Å². The zero-order valence-electron chi connectivity index (χ0n) is 24.0. The lowest BCUT2D eigenvalue weighted by molar-refractivity contribution is -0.393. The third-order valence-electron chi connectivity index (χ3n) is 4.99. The summed E-state index contributed by atoms with van der Waals surface area (Å²) >= 11 is 0. The molecule has 16 heteroatoms. The summed E-state index contributed by atoms with van der Waals surface area (Å²) < 4.78 is 42.6. The van der Waals surface area contributed by atoms with Crippen LogP contribution < -0.4 is 5.32 Å². The number of ether oxygens (including phenoxy) is 8. The van der Waals surface area contributed by atoms with Crippen LogP contribution in [0.1, 0.15) is 6.92 Å². The molecule has 0 radical (unpaired) electrons. The number of rotatable bonds is 28. The monoisotopic (exact) mass is 603 g/mol. The van der Waals surface area contributed by atoms with Crippen molar-refractivity contribution < 1.29 is 52.5 Å². The predicted octanol–water partition coefficient (Wildman–Crippen LogP) is 2.15. The second kappa shape index (κ2) is 24.4. The highest BCUT2D eigenvalue weighted by atomic mass is 16.6. The molecule has 0 aliphatic rings. The number of nitrogens with zero attached hydrogens (tertiary/aromatic N) is 2. The highest BCUT2D eigenvalue weighted by Crippen LogP contribution is 2.28. The van der Waals surface area contributed by atoms with E-state index >= 15 is 0 Å². The molecule has 0 spiro atoms. The number of hydrogen-bond donors (Lipinski definition) is 1. The number of carbonyl (C=O) groups excluding carboxylic acids is 1. The quantitative estimate of drug-likeness (QED) is 0.0482. The Labute approximate surface area is 244 Å². The van der Waals surface area contributed by atoms with E-state index in [0.29, 0.717) is 91.5 Å². The second-order valence-corrected chi connectivity index (χ2v) is 8.35. The maximum Gasteiger partial charge on any atom is 0.333 e. The van der Waals surface area contributed by atoms with Crippen LogP contribution in [0, 0.1) is 20.2 Å². The first-order valence-electron chi connectivity index (χ1n) is 13.4. The fraction of sp³-hybridized carbons (Fsp3) is 0.654. The second-order valence-electron chi connectivity index (χ2n) is 8.35. The summed E-state index contributed by atoms with van der Waals surface area (Å²) in [4.78, 5) is 31.7. The van der Waals surface area contributed by atoms with E-state index in [9.17, 15) is 25.0 Å². The molecule has 0 saturated heterocycles. The molecule has 1 aromatic carbocycles. The Morgan fingerprint density at radius 1 is 0.690 bits per heavy atom. The minimum Gasteiger partial charge on any atom is -0.460 e. The van der Waals surface area contributed by atoms with Gasteiger partial charge in [-0.1, -0.05) is 6.58 Å². The third kappa shape index (κ3) is 19.0. The molecule has 16 nitrogen and oxygen atoms in total. The fourth-order valence-corrected chi connectivity index (χ4v) is 2.93. The number of benzene rings is 1. The van der Waals surface area contributed by atoms with Gasteiger partial charge in [0, 0.05) is 18.2 Å². The summed E-state index contributed by atoms with van der Waals surface area (Å²) in [6, 6.07) is 3.41. The normalized spacial score (nSPS) is 10.9. The lowest BCUT2D eigenvalue weighted by Crippen LogP contribution is -2.16. The summed E-state index contributed by atoms with van der Waals surface area (Å²) in [6.45, 7) is 11.0. The van der Waals surface area contributed by atoms with Crippen LogP contribution in [-0.4, -0.2) is 121 Å². The van der Waals surface area contributed by atoms with E-state index in [1.54, 1.807) is 6.92 Å². The average Bonchev–Trinajstić information content (AvgIpc) is 2.96. The van der Waals surface area contributed by atoms with Gasteiger partial charge in [-0.05, 0) is 13.0 Å². The Morgan fingerprint density at radius 3 is 1.48 bits per heavy atom. The van der Waals surface area contributed by atoms with E-state index in [-0.39, 0.29) is 36.8 Å². The van der Waals surface area contributed by atoms with Gasteiger partial charge >= 0.3 is 5.97 Å². The van der Waals surface area contributed by atoms with Gasteiger partial charge in [0.1, 0.15) is 12.3 Å². The summed E-state index contributed by atoms with van der Waals surface area (Å²) in [7, 11) is 0. The number of nitrogens with one attached hydrogen (secondary N) is 1. The van der Waals surface area contributed by atoms with Crippen LogP contribution in [0.15, 0.2) is 30.4 Å². The van der Waals surface area contributed by atoms with Crippen LogP contribution in [-0.2, 0) is 42.7 Å². The van der Waals surface area contributed by atoms with Gasteiger partial charge in [0.15, 0.2) is 0 Å². The highest BCUT2D eigenvalue weighted by molar-refractivity contribution is 5.86. The van der Waals surface area contributed by atoms with Gasteiger partial charge in [0.2, 0.25) is 0 Å². The summed E-state index contributed by atoms with van der Waals surface area (Å²) in [5, 5.41) is 24.7. The molecule has 0 saturated carbocycles. The maximum absolute atomic E-state index is 11.2. The van der Waals surface area contributed by atoms with E-state index in [1.165, 1.54) is 12.1 Å². The summed E-state index contributed by atoms with van der Waals surface area (Å²) in [5.74, 6) is -0.430. The average molecular weight is 604 g/mol. The van der Waals surface area contributed by atoms with Crippen molar-refractivity contribution in [2.45, 2.75) is 6.92 Å². The zero-order chi connectivity index (χ0) is 30.8. The number of esters is 1. The minimum absolute atomic E-state index is 0.179. The van der Waals surface area contributed by atoms with Crippen molar-refractivity contribution in [3.8, 4) is 0 Å². The van der Waals surface area contributed by atoms with Crippen LogP contribution >= 0.6 is 0 Å². The summed E-state index contributed by atoms with van der Waals surface area (Å²) in [6.07, 6.45) is 0. The molecule has 1 N–H and O–H groups in total. The van der Waals surface area contributed by atoms with E-state index < -0.39 is 15.8 Å². The number of non-ortho nitro benzene ring substituents is 1. The predicted molar refractivity (Wildman–Crippen MR) is 150 cm³/mol.